The molecule has 1 aromatic heterocycles. The number of nitrogens with two attached hydrogens (primary N) is 1. The fraction of sp³-hybridized carbons (Fsp3) is 0.353. The molecule has 1 atom stereocenters. The monoisotopic (exact) mass is 270 g/mol. The maximum absolute atomic E-state index is 6.23. The Balaban J connectivity index is 1.87. The first kappa shape index (κ1) is 14.5. The van der Waals surface area contributed by atoms with Gasteiger partial charge in [-0.05, 0) is 48.6 Å². The minimum absolute atomic E-state index is 0.0513. The van der Waals surface area contributed by atoms with Gasteiger partial charge < -0.3 is 10.5 Å². The normalized spacial score (nSPS) is 12.1. The van der Waals surface area contributed by atoms with Gasteiger partial charge >= 0.3 is 0 Å². The molecule has 0 aliphatic carbocycles. The number of aromatic nitrogens is 1. The molecule has 2 aromatic rings. The summed E-state index contributed by atoms with van der Waals surface area (Å²) in [5.41, 5.74) is 8.61. The molecular formula is C17H22N2O. The topological polar surface area (TPSA) is 48.1 Å². The predicted molar refractivity (Wildman–Crippen MR) is 81.7 cm³/mol. The summed E-state index contributed by atoms with van der Waals surface area (Å²) in [6.45, 7) is 2.86. The Hall–Kier alpha value is -1.87. The zero-order chi connectivity index (χ0) is 14.2. The Kier molecular flexibility index (Phi) is 5.56. The lowest BCUT2D eigenvalue weighted by atomic mass is 10.0. The van der Waals surface area contributed by atoms with Crippen LogP contribution in [0.3, 0.4) is 0 Å². The lowest BCUT2D eigenvalue weighted by Gasteiger charge is -2.13. The third kappa shape index (κ3) is 4.35. The zero-order valence-corrected chi connectivity index (χ0v) is 12.0. The van der Waals surface area contributed by atoms with E-state index in [0.717, 1.165) is 37.2 Å². The number of hydrogen-bond acceptors (Lipinski definition) is 3. The fourth-order valence-corrected chi connectivity index (χ4v) is 2.07. The van der Waals surface area contributed by atoms with Crippen molar-refractivity contribution in [2.24, 2.45) is 5.73 Å². The maximum Gasteiger partial charge on any atom is 0.119 e. The third-order valence-electron chi connectivity index (χ3n) is 3.25. The van der Waals surface area contributed by atoms with Crippen LogP contribution in [-0.4, -0.2) is 11.6 Å². The number of benzene rings is 1. The number of pyridine rings is 1. The largest absolute Gasteiger partial charge is 0.494 e. The van der Waals surface area contributed by atoms with Gasteiger partial charge in [-0.3, -0.25) is 4.98 Å². The molecule has 0 saturated heterocycles. The molecular weight excluding hydrogens is 248 g/mol. The molecule has 20 heavy (non-hydrogen) atoms. The third-order valence-corrected chi connectivity index (χ3v) is 3.25. The number of hydrogen-bond donors (Lipinski definition) is 1. The number of aryl methyl sites for hydroxylation is 1. The Labute approximate surface area is 120 Å². The van der Waals surface area contributed by atoms with E-state index < -0.39 is 0 Å². The standard InChI is InChI=1S/C17H22N2O/c1-2-12-20-16-8-6-15(7-9-16)17(18)10-5-14-4-3-11-19-13-14/h3-4,6-9,11,13,17H,2,5,10,12,18H2,1H3. The summed E-state index contributed by atoms with van der Waals surface area (Å²) >= 11 is 0. The number of nitrogens with zero attached hydrogens (tertiary/aromatic N) is 1. The summed E-state index contributed by atoms with van der Waals surface area (Å²) in [5.74, 6) is 0.912. The highest BCUT2D eigenvalue weighted by molar-refractivity contribution is 5.29. The summed E-state index contributed by atoms with van der Waals surface area (Å²) in [4.78, 5) is 4.12. The van der Waals surface area contributed by atoms with Gasteiger partial charge in [-0.25, -0.2) is 0 Å². The zero-order valence-electron chi connectivity index (χ0n) is 12.0. The highest BCUT2D eigenvalue weighted by Gasteiger charge is 2.06. The van der Waals surface area contributed by atoms with Crippen molar-refractivity contribution in [2.75, 3.05) is 6.61 Å². The van der Waals surface area contributed by atoms with Gasteiger partial charge in [0.05, 0.1) is 6.61 Å². The second-order valence-corrected chi connectivity index (χ2v) is 4.92. The summed E-state index contributed by atoms with van der Waals surface area (Å²) in [6.07, 6.45) is 6.57. The summed E-state index contributed by atoms with van der Waals surface area (Å²) in [7, 11) is 0. The second-order valence-electron chi connectivity index (χ2n) is 4.92. The Morgan fingerprint density at radius 3 is 2.65 bits per heavy atom. The van der Waals surface area contributed by atoms with Crippen LogP contribution in [0.5, 0.6) is 5.75 Å². The van der Waals surface area contributed by atoms with Gasteiger partial charge in [0.25, 0.3) is 0 Å². The number of rotatable bonds is 7. The molecule has 2 N–H and O–H groups in total. The van der Waals surface area contributed by atoms with E-state index in [0.29, 0.717) is 0 Å². The van der Waals surface area contributed by atoms with Crippen molar-refractivity contribution >= 4 is 0 Å². The van der Waals surface area contributed by atoms with Gasteiger partial charge in [-0.1, -0.05) is 25.1 Å². The van der Waals surface area contributed by atoms with Crippen LogP contribution in [0.25, 0.3) is 0 Å². The molecule has 0 amide bonds. The van der Waals surface area contributed by atoms with E-state index in [9.17, 15) is 0 Å². The predicted octanol–water partition coefficient (Wildman–Crippen LogP) is 3.50. The van der Waals surface area contributed by atoms with Crippen molar-refractivity contribution in [3.63, 3.8) is 0 Å². The van der Waals surface area contributed by atoms with Crippen molar-refractivity contribution < 1.29 is 4.74 Å². The lowest BCUT2D eigenvalue weighted by Crippen LogP contribution is -2.11. The average Bonchev–Trinajstić information content (AvgIpc) is 2.52. The summed E-state index contributed by atoms with van der Waals surface area (Å²) in [5, 5.41) is 0. The molecule has 1 heterocycles. The molecule has 0 aliphatic rings. The molecule has 1 unspecified atom stereocenters. The SMILES string of the molecule is CCCOc1ccc(C(N)CCc2cccnc2)cc1. The average molecular weight is 270 g/mol. The highest BCUT2D eigenvalue weighted by Crippen LogP contribution is 2.20. The Morgan fingerprint density at radius 1 is 1.20 bits per heavy atom. The molecule has 0 bridgehead atoms. The van der Waals surface area contributed by atoms with E-state index in [1.807, 2.05) is 24.4 Å². The van der Waals surface area contributed by atoms with Crippen molar-refractivity contribution in [1.29, 1.82) is 0 Å². The summed E-state index contributed by atoms with van der Waals surface area (Å²) in [6, 6.07) is 12.2. The molecule has 3 nitrogen and oxygen atoms in total. The molecule has 0 saturated carbocycles. The van der Waals surface area contributed by atoms with Crippen LogP contribution >= 0.6 is 0 Å². The maximum atomic E-state index is 6.23. The first-order valence-corrected chi connectivity index (χ1v) is 7.17. The van der Waals surface area contributed by atoms with Crippen LogP contribution in [0.1, 0.15) is 36.9 Å². The van der Waals surface area contributed by atoms with Crippen LogP contribution in [-0.2, 0) is 6.42 Å². The van der Waals surface area contributed by atoms with Gasteiger partial charge in [0.1, 0.15) is 5.75 Å². The first-order valence-electron chi connectivity index (χ1n) is 7.17. The molecule has 3 heteroatoms. The van der Waals surface area contributed by atoms with E-state index in [-0.39, 0.29) is 6.04 Å². The van der Waals surface area contributed by atoms with Crippen LogP contribution in [0, 0.1) is 0 Å². The van der Waals surface area contributed by atoms with Gasteiger partial charge in [-0.2, -0.15) is 0 Å². The smallest absolute Gasteiger partial charge is 0.119 e. The fourth-order valence-electron chi connectivity index (χ4n) is 2.07. The Morgan fingerprint density at radius 2 is 2.00 bits per heavy atom. The Bertz CT molecular complexity index is 496. The van der Waals surface area contributed by atoms with Crippen molar-refractivity contribution in [3.8, 4) is 5.75 Å². The molecule has 0 fully saturated rings. The molecule has 106 valence electrons. The van der Waals surface area contributed by atoms with Crippen LogP contribution in [0.15, 0.2) is 48.8 Å². The van der Waals surface area contributed by atoms with E-state index >= 15 is 0 Å². The van der Waals surface area contributed by atoms with Gasteiger partial charge in [-0.15, -0.1) is 0 Å². The molecule has 1 aromatic carbocycles. The molecule has 2 rings (SSSR count). The quantitative estimate of drug-likeness (QED) is 0.837. The summed E-state index contributed by atoms with van der Waals surface area (Å²) < 4.78 is 5.57. The van der Waals surface area contributed by atoms with E-state index in [1.54, 1.807) is 6.20 Å². The van der Waals surface area contributed by atoms with Crippen LogP contribution in [0.2, 0.25) is 0 Å². The molecule has 0 spiro atoms. The van der Waals surface area contributed by atoms with E-state index in [2.05, 4.69) is 30.1 Å². The van der Waals surface area contributed by atoms with Crippen LogP contribution in [0.4, 0.5) is 0 Å². The van der Waals surface area contributed by atoms with Gasteiger partial charge in [0.15, 0.2) is 0 Å². The minimum atomic E-state index is 0.0513. The first-order chi connectivity index (χ1) is 9.79. The van der Waals surface area contributed by atoms with Crippen LogP contribution < -0.4 is 10.5 Å². The number of ether oxygens (including phenoxy) is 1. The van der Waals surface area contributed by atoms with Gasteiger partial charge in [0, 0.05) is 18.4 Å². The lowest BCUT2D eigenvalue weighted by molar-refractivity contribution is 0.317. The van der Waals surface area contributed by atoms with E-state index in [1.165, 1.54) is 5.56 Å². The van der Waals surface area contributed by atoms with Gasteiger partial charge in [0.2, 0.25) is 0 Å². The molecule has 0 aliphatic heterocycles. The highest BCUT2D eigenvalue weighted by atomic mass is 16.5. The van der Waals surface area contributed by atoms with Crippen molar-refractivity contribution in [1.82, 2.24) is 4.98 Å². The minimum Gasteiger partial charge on any atom is -0.494 e. The molecule has 0 radical (unpaired) electrons. The van der Waals surface area contributed by atoms with Crippen molar-refractivity contribution in [3.05, 3.63) is 59.9 Å². The van der Waals surface area contributed by atoms with E-state index in [4.69, 9.17) is 10.5 Å². The van der Waals surface area contributed by atoms with Crippen molar-refractivity contribution in [2.45, 2.75) is 32.2 Å². The second kappa shape index (κ2) is 7.65.